The van der Waals surface area contributed by atoms with Crippen LogP contribution in [0.25, 0.3) is 6.08 Å². The standard InChI is InChI=1S/C24H15BrF3N3O6/c1-36-21-10-13(8-14(12-29)23(33)30-16-3-5-17(32)6-4-16)9-18(25)22(21)37-20-7-2-15(24(26,27)28)11-19(20)31(34)35/h2-11,32H,1H3,(H,30,33)/b14-8+. The molecule has 2 N–H and O–H groups in total. The molecular formula is C24H15BrF3N3O6. The van der Waals surface area contributed by atoms with E-state index in [1.807, 2.05) is 0 Å². The van der Waals surface area contributed by atoms with Gasteiger partial charge in [-0.15, -0.1) is 0 Å². The molecule has 0 aliphatic carbocycles. The Bertz CT molecular complexity index is 1430. The van der Waals surface area contributed by atoms with Crippen molar-refractivity contribution >= 4 is 39.3 Å². The van der Waals surface area contributed by atoms with Crippen molar-refractivity contribution in [3.8, 4) is 29.1 Å². The van der Waals surface area contributed by atoms with E-state index in [0.717, 1.165) is 6.07 Å². The largest absolute Gasteiger partial charge is 0.508 e. The number of anilines is 1. The molecular weight excluding hydrogens is 563 g/mol. The molecule has 0 aliphatic rings. The Balaban J connectivity index is 1.94. The van der Waals surface area contributed by atoms with Crippen LogP contribution in [0, 0.1) is 21.4 Å². The van der Waals surface area contributed by atoms with Gasteiger partial charge in [0.05, 0.1) is 22.1 Å². The number of carbonyl (C=O) groups is 1. The van der Waals surface area contributed by atoms with Gasteiger partial charge in [0.2, 0.25) is 5.75 Å². The number of ether oxygens (including phenoxy) is 2. The van der Waals surface area contributed by atoms with Crippen LogP contribution in [-0.4, -0.2) is 23.0 Å². The Morgan fingerprint density at radius 1 is 1.16 bits per heavy atom. The minimum Gasteiger partial charge on any atom is -0.508 e. The molecule has 3 aromatic carbocycles. The summed E-state index contributed by atoms with van der Waals surface area (Å²) in [6.45, 7) is 0. The Morgan fingerprint density at radius 2 is 1.84 bits per heavy atom. The zero-order valence-corrected chi connectivity index (χ0v) is 20.3. The van der Waals surface area contributed by atoms with Gasteiger partial charge in [0.15, 0.2) is 11.5 Å². The Labute approximate surface area is 215 Å². The number of methoxy groups -OCH3 is 1. The number of phenolic OH excluding ortho intramolecular Hbond substituents is 1. The lowest BCUT2D eigenvalue weighted by Gasteiger charge is -2.14. The van der Waals surface area contributed by atoms with Crippen molar-refractivity contribution in [2.24, 2.45) is 0 Å². The molecule has 0 atom stereocenters. The van der Waals surface area contributed by atoms with Crippen LogP contribution < -0.4 is 14.8 Å². The van der Waals surface area contributed by atoms with E-state index in [9.17, 15) is 38.4 Å². The number of nitriles is 1. The first kappa shape index (κ1) is 27.0. The Morgan fingerprint density at radius 3 is 2.41 bits per heavy atom. The highest BCUT2D eigenvalue weighted by molar-refractivity contribution is 9.10. The van der Waals surface area contributed by atoms with Crippen LogP contribution in [0.3, 0.4) is 0 Å². The third-order valence-corrected chi connectivity index (χ3v) is 5.34. The maximum Gasteiger partial charge on any atom is 0.416 e. The summed E-state index contributed by atoms with van der Waals surface area (Å²) < 4.78 is 49.9. The average Bonchev–Trinajstić information content (AvgIpc) is 2.84. The third-order valence-electron chi connectivity index (χ3n) is 4.75. The monoisotopic (exact) mass is 577 g/mol. The van der Waals surface area contributed by atoms with E-state index in [1.54, 1.807) is 6.07 Å². The predicted octanol–water partition coefficient (Wildman–Crippen LogP) is 6.43. The quantitative estimate of drug-likeness (QED) is 0.109. The molecule has 0 fully saturated rings. The van der Waals surface area contributed by atoms with E-state index in [4.69, 9.17) is 9.47 Å². The van der Waals surface area contributed by atoms with Gasteiger partial charge >= 0.3 is 11.9 Å². The minimum atomic E-state index is -4.79. The number of benzene rings is 3. The number of nitro benzene ring substituents is 1. The molecule has 3 rings (SSSR count). The summed E-state index contributed by atoms with van der Waals surface area (Å²) in [6.07, 6.45) is -3.55. The zero-order valence-electron chi connectivity index (χ0n) is 18.7. The molecule has 0 saturated heterocycles. The average molecular weight is 578 g/mol. The second kappa shape index (κ2) is 11.0. The second-order valence-electron chi connectivity index (χ2n) is 7.24. The summed E-state index contributed by atoms with van der Waals surface area (Å²) in [4.78, 5) is 22.9. The number of rotatable bonds is 7. The highest BCUT2D eigenvalue weighted by atomic mass is 79.9. The predicted molar refractivity (Wildman–Crippen MR) is 129 cm³/mol. The molecule has 0 heterocycles. The molecule has 0 radical (unpaired) electrons. The molecule has 0 bridgehead atoms. The third kappa shape index (κ3) is 6.56. The molecule has 0 spiro atoms. The summed E-state index contributed by atoms with van der Waals surface area (Å²) in [5.41, 5.74) is -1.77. The fraction of sp³-hybridized carbons (Fsp3) is 0.0833. The maximum absolute atomic E-state index is 13.0. The summed E-state index contributed by atoms with van der Waals surface area (Å²) in [5.74, 6) is -1.29. The highest BCUT2D eigenvalue weighted by Gasteiger charge is 2.33. The summed E-state index contributed by atoms with van der Waals surface area (Å²) in [7, 11) is 1.26. The number of phenols is 1. The van der Waals surface area contributed by atoms with Crippen LogP contribution in [0.4, 0.5) is 24.5 Å². The first-order chi connectivity index (χ1) is 17.4. The van der Waals surface area contributed by atoms with Gasteiger partial charge in [0.1, 0.15) is 17.4 Å². The van der Waals surface area contributed by atoms with Crippen molar-refractivity contribution in [2.75, 3.05) is 12.4 Å². The van der Waals surface area contributed by atoms with E-state index in [-0.39, 0.29) is 27.3 Å². The van der Waals surface area contributed by atoms with E-state index >= 15 is 0 Å². The van der Waals surface area contributed by atoms with E-state index in [1.165, 1.54) is 49.6 Å². The summed E-state index contributed by atoms with van der Waals surface area (Å²) in [6, 6.07) is 12.0. The number of amides is 1. The number of hydrogen-bond acceptors (Lipinski definition) is 7. The number of nitrogens with one attached hydrogen (secondary N) is 1. The second-order valence-corrected chi connectivity index (χ2v) is 8.10. The minimum absolute atomic E-state index is 0.00470. The number of nitro groups is 1. The molecule has 0 saturated carbocycles. The van der Waals surface area contributed by atoms with Gasteiger partial charge in [-0.2, -0.15) is 18.4 Å². The normalized spacial score (nSPS) is 11.4. The van der Waals surface area contributed by atoms with E-state index < -0.39 is 34.0 Å². The first-order valence-corrected chi connectivity index (χ1v) is 10.9. The van der Waals surface area contributed by atoms with Gasteiger partial charge in [-0.05, 0) is 76.1 Å². The molecule has 37 heavy (non-hydrogen) atoms. The van der Waals surface area contributed by atoms with Crippen LogP contribution >= 0.6 is 15.9 Å². The smallest absolute Gasteiger partial charge is 0.416 e. The molecule has 0 aromatic heterocycles. The molecule has 0 unspecified atom stereocenters. The topological polar surface area (TPSA) is 135 Å². The highest BCUT2D eigenvalue weighted by Crippen LogP contribution is 2.44. The molecule has 190 valence electrons. The molecule has 9 nitrogen and oxygen atoms in total. The van der Waals surface area contributed by atoms with Gasteiger partial charge in [0.25, 0.3) is 5.91 Å². The summed E-state index contributed by atoms with van der Waals surface area (Å²) >= 11 is 3.22. The molecule has 0 aliphatic heterocycles. The lowest BCUT2D eigenvalue weighted by molar-refractivity contribution is -0.385. The lowest BCUT2D eigenvalue weighted by atomic mass is 10.1. The van der Waals surface area contributed by atoms with Crippen LogP contribution in [0.2, 0.25) is 0 Å². The number of nitrogens with zero attached hydrogens (tertiary/aromatic N) is 2. The van der Waals surface area contributed by atoms with Gasteiger partial charge in [0, 0.05) is 11.8 Å². The fourth-order valence-corrected chi connectivity index (χ4v) is 3.55. The number of carbonyl (C=O) groups excluding carboxylic acids is 1. The van der Waals surface area contributed by atoms with Crippen molar-refractivity contribution in [1.29, 1.82) is 5.26 Å². The van der Waals surface area contributed by atoms with Gasteiger partial charge < -0.3 is 19.9 Å². The maximum atomic E-state index is 13.0. The SMILES string of the molecule is COc1cc(/C=C(\C#N)C(=O)Nc2ccc(O)cc2)cc(Br)c1Oc1ccc(C(F)(F)F)cc1[N+](=O)[O-]. The Hall–Kier alpha value is -4.57. The first-order valence-electron chi connectivity index (χ1n) is 10.1. The Kier molecular flexibility index (Phi) is 8.04. The van der Waals surface area contributed by atoms with Crippen LogP contribution in [0.5, 0.6) is 23.0 Å². The molecule has 3 aromatic rings. The van der Waals surface area contributed by atoms with Crippen molar-refractivity contribution in [1.82, 2.24) is 0 Å². The van der Waals surface area contributed by atoms with E-state index in [2.05, 4.69) is 21.2 Å². The van der Waals surface area contributed by atoms with Crippen molar-refractivity contribution in [3.63, 3.8) is 0 Å². The molecule has 13 heteroatoms. The number of halogens is 4. The van der Waals surface area contributed by atoms with Crippen molar-refractivity contribution in [2.45, 2.75) is 6.18 Å². The van der Waals surface area contributed by atoms with Crippen LogP contribution in [0.15, 0.2) is 64.6 Å². The lowest BCUT2D eigenvalue weighted by Crippen LogP contribution is -2.13. The van der Waals surface area contributed by atoms with Crippen molar-refractivity contribution in [3.05, 3.63) is 85.9 Å². The van der Waals surface area contributed by atoms with Crippen LogP contribution in [-0.2, 0) is 11.0 Å². The van der Waals surface area contributed by atoms with Gasteiger partial charge in [-0.3, -0.25) is 14.9 Å². The number of hydrogen-bond donors (Lipinski definition) is 2. The zero-order chi connectivity index (χ0) is 27.3. The number of alkyl halides is 3. The summed E-state index contributed by atoms with van der Waals surface area (Å²) in [5, 5.41) is 32.7. The van der Waals surface area contributed by atoms with Crippen LogP contribution in [0.1, 0.15) is 11.1 Å². The number of aromatic hydroxyl groups is 1. The van der Waals surface area contributed by atoms with E-state index in [0.29, 0.717) is 23.4 Å². The fourth-order valence-electron chi connectivity index (χ4n) is 3.01. The van der Waals surface area contributed by atoms with Gasteiger partial charge in [-0.25, -0.2) is 0 Å². The molecule has 1 amide bonds. The van der Waals surface area contributed by atoms with Crippen molar-refractivity contribution < 1.29 is 37.5 Å². The van der Waals surface area contributed by atoms with Gasteiger partial charge in [-0.1, -0.05) is 0 Å².